The first-order chi connectivity index (χ1) is 10.6. The van der Waals surface area contributed by atoms with Crippen molar-refractivity contribution in [2.24, 2.45) is 0 Å². The van der Waals surface area contributed by atoms with Crippen LogP contribution in [0.5, 0.6) is 5.75 Å². The van der Waals surface area contributed by atoms with Gasteiger partial charge in [0.15, 0.2) is 6.73 Å². The number of hydrogen-bond acceptors (Lipinski definition) is 2. The van der Waals surface area contributed by atoms with Gasteiger partial charge in [0.1, 0.15) is 11.6 Å². The van der Waals surface area contributed by atoms with Crippen LogP contribution in [0.25, 0.3) is 0 Å². The minimum absolute atomic E-state index is 0.0921. The SMILES string of the molecule is Cc1ccc(OCNC(=O)NCCc2cccc(F)c2)cc1. The Kier molecular flexibility index (Phi) is 5.77. The van der Waals surface area contributed by atoms with Crippen LogP contribution in [-0.2, 0) is 6.42 Å². The second kappa shape index (κ2) is 8.02. The average molecular weight is 302 g/mol. The zero-order valence-electron chi connectivity index (χ0n) is 12.4. The van der Waals surface area contributed by atoms with Gasteiger partial charge in [0.05, 0.1) is 0 Å². The van der Waals surface area contributed by atoms with Crippen molar-refractivity contribution in [3.63, 3.8) is 0 Å². The van der Waals surface area contributed by atoms with E-state index in [9.17, 15) is 9.18 Å². The second-order valence-electron chi connectivity index (χ2n) is 4.91. The Bertz CT molecular complexity index is 614. The standard InChI is InChI=1S/C17H19FN2O2/c1-13-5-7-16(8-6-13)22-12-20-17(21)19-10-9-14-3-2-4-15(18)11-14/h2-8,11H,9-10,12H2,1H3,(H2,19,20,21). The largest absolute Gasteiger partial charge is 0.473 e. The molecule has 4 nitrogen and oxygen atoms in total. The highest BCUT2D eigenvalue weighted by Crippen LogP contribution is 2.10. The quantitative estimate of drug-likeness (QED) is 0.806. The Balaban J connectivity index is 1.62. The summed E-state index contributed by atoms with van der Waals surface area (Å²) in [6.45, 7) is 2.52. The van der Waals surface area contributed by atoms with Crippen molar-refractivity contribution in [1.82, 2.24) is 10.6 Å². The van der Waals surface area contributed by atoms with Crippen LogP contribution in [0.3, 0.4) is 0 Å². The Morgan fingerprint density at radius 1 is 1.14 bits per heavy atom. The number of hydrogen-bond donors (Lipinski definition) is 2. The molecule has 0 saturated carbocycles. The molecule has 0 aliphatic carbocycles. The Hall–Kier alpha value is -2.56. The zero-order chi connectivity index (χ0) is 15.8. The number of aryl methyl sites for hydroxylation is 1. The van der Waals surface area contributed by atoms with Gasteiger partial charge in [0.2, 0.25) is 0 Å². The van der Waals surface area contributed by atoms with E-state index >= 15 is 0 Å². The summed E-state index contributed by atoms with van der Waals surface area (Å²) in [5.74, 6) is 0.430. The highest BCUT2D eigenvalue weighted by Gasteiger charge is 2.01. The zero-order valence-corrected chi connectivity index (χ0v) is 12.4. The van der Waals surface area contributed by atoms with Crippen LogP contribution in [-0.4, -0.2) is 19.3 Å². The van der Waals surface area contributed by atoms with Crippen molar-refractivity contribution in [2.75, 3.05) is 13.3 Å². The maximum Gasteiger partial charge on any atom is 0.317 e. The molecular weight excluding hydrogens is 283 g/mol. The van der Waals surface area contributed by atoms with E-state index in [0.29, 0.717) is 18.7 Å². The van der Waals surface area contributed by atoms with Crippen molar-refractivity contribution < 1.29 is 13.9 Å². The summed E-state index contributed by atoms with van der Waals surface area (Å²) >= 11 is 0. The molecule has 22 heavy (non-hydrogen) atoms. The summed E-state index contributed by atoms with van der Waals surface area (Å²) in [7, 11) is 0. The Labute approximate surface area is 129 Å². The predicted octanol–water partition coefficient (Wildman–Crippen LogP) is 3.01. The van der Waals surface area contributed by atoms with E-state index < -0.39 is 0 Å². The van der Waals surface area contributed by atoms with Gasteiger partial charge in [-0.1, -0.05) is 29.8 Å². The van der Waals surface area contributed by atoms with E-state index in [1.165, 1.54) is 12.1 Å². The minimum atomic E-state index is -0.316. The van der Waals surface area contributed by atoms with Gasteiger partial charge in [-0.05, 0) is 43.2 Å². The topological polar surface area (TPSA) is 50.4 Å². The van der Waals surface area contributed by atoms with Crippen LogP contribution in [0.2, 0.25) is 0 Å². The summed E-state index contributed by atoms with van der Waals surface area (Å²) in [6, 6.07) is 13.6. The molecule has 0 spiro atoms. The molecule has 2 aromatic carbocycles. The van der Waals surface area contributed by atoms with Crippen LogP contribution in [0.4, 0.5) is 9.18 Å². The lowest BCUT2D eigenvalue weighted by Crippen LogP contribution is -2.38. The molecule has 0 aliphatic heterocycles. The van der Waals surface area contributed by atoms with Gasteiger partial charge in [-0.25, -0.2) is 9.18 Å². The summed E-state index contributed by atoms with van der Waals surface area (Å²) in [6.07, 6.45) is 0.573. The molecule has 0 aromatic heterocycles. The molecular formula is C17H19FN2O2. The van der Waals surface area contributed by atoms with E-state index in [0.717, 1.165) is 11.1 Å². The highest BCUT2D eigenvalue weighted by atomic mass is 19.1. The Morgan fingerprint density at radius 2 is 1.91 bits per heavy atom. The third-order valence-electron chi connectivity index (χ3n) is 3.08. The van der Waals surface area contributed by atoms with Gasteiger partial charge in [0.25, 0.3) is 0 Å². The molecule has 0 saturated heterocycles. The first-order valence-corrected chi connectivity index (χ1v) is 7.09. The van der Waals surface area contributed by atoms with Crippen LogP contribution in [0, 0.1) is 12.7 Å². The normalized spacial score (nSPS) is 10.1. The fourth-order valence-electron chi connectivity index (χ4n) is 1.89. The molecule has 2 rings (SSSR count). The maximum atomic E-state index is 13.0. The van der Waals surface area contributed by atoms with Crippen LogP contribution < -0.4 is 15.4 Å². The lowest BCUT2D eigenvalue weighted by Gasteiger charge is -2.09. The molecule has 2 amide bonds. The van der Waals surface area contributed by atoms with Crippen molar-refractivity contribution in [3.8, 4) is 5.75 Å². The minimum Gasteiger partial charge on any atom is -0.473 e. The number of amides is 2. The molecule has 0 radical (unpaired) electrons. The van der Waals surface area contributed by atoms with Crippen LogP contribution >= 0.6 is 0 Å². The monoisotopic (exact) mass is 302 g/mol. The summed E-state index contributed by atoms with van der Waals surface area (Å²) in [4.78, 5) is 11.6. The Morgan fingerprint density at radius 3 is 2.64 bits per heavy atom. The fraction of sp³-hybridized carbons (Fsp3) is 0.235. The van der Waals surface area contributed by atoms with Crippen LogP contribution in [0.1, 0.15) is 11.1 Å². The molecule has 2 N–H and O–H groups in total. The number of carbonyl (C=O) groups is 1. The number of urea groups is 1. The van der Waals surface area contributed by atoms with Gasteiger partial charge in [-0.3, -0.25) is 0 Å². The van der Waals surface area contributed by atoms with E-state index in [1.807, 2.05) is 37.3 Å². The summed E-state index contributed by atoms with van der Waals surface area (Å²) in [5.41, 5.74) is 1.99. The third kappa shape index (κ3) is 5.44. The van der Waals surface area contributed by atoms with Crippen molar-refractivity contribution in [2.45, 2.75) is 13.3 Å². The molecule has 0 bridgehead atoms. The lowest BCUT2D eigenvalue weighted by molar-refractivity contribution is 0.224. The molecule has 0 fully saturated rings. The van der Waals surface area contributed by atoms with Gasteiger partial charge < -0.3 is 15.4 Å². The first kappa shape index (κ1) is 15.8. The van der Waals surface area contributed by atoms with E-state index in [2.05, 4.69) is 10.6 Å². The second-order valence-corrected chi connectivity index (χ2v) is 4.91. The maximum absolute atomic E-state index is 13.0. The van der Waals surface area contributed by atoms with Crippen LogP contribution in [0.15, 0.2) is 48.5 Å². The van der Waals surface area contributed by atoms with Gasteiger partial charge in [0, 0.05) is 6.54 Å². The number of carbonyl (C=O) groups excluding carboxylic acids is 1. The van der Waals surface area contributed by atoms with E-state index in [1.54, 1.807) is 6.07 Å². The van der Waals surface area contributed by atoms with E-state index in [4.69, 9.17) is 4.74 Å². The summed E-state index contributed by atoms with van der Waals surface area (Å²) in [5, 5.41) is 5.29. The summed E-state index contributed by atoms with van der Waals surface area (Å²) < 4.78 is 18.4. The molecule has 0 heterocycles. The highest BCUT2D eigenvalue weighted by molar-refractivity contribution is 5.73. The smallest absolute Gasteiger partial charge is 0.317 e. The number of halogens is 1. The van der Waals surface area contributed by atoms with E-state index in [-0.39, 0.29) is 18.6 Å². The molecule has 0 aliphatic rings. The van der Waals surface area contributed by atoms with Gasteiger partial charge >= 0.3 is 6.03 Å². The molecule has 5 heteroatoms. The van der Waals surface area contributed by atoms with Gasteiger partial charge in [-0.2, -0.15) is 0 Å². The van der Waals surface area contributed by atoms with Gasteiger partial charge in [-0.15, -0.1) is 0 Å². The molecule has 2 aromatic rings. The number of benzene rings is 2. The van der Waals surface area contributed by atoms with Crippen molar-refractivity contribution in [3.05, 3.63) is 65.5 Å². The molecule has 116 valence electrons. The average Bonchev–Trinajstić information content (AvgIpc) is 2.49. The number of rotatable bonds is 6. The number of ether oxygens (including phenoxy) is 1. The van der Waals surface area contributed by atoms with Crippen molar-refractivity contribution in [1.29, 1.82) is 0 Å². The molecule has 0 unspecified atom stereocenters. The fourth-order valence-corrected chi connectivity index (χ4v) is 1.89. The third-order valence-corrected chi connectivity index (χ3v) is 3.08. The van der Waals surface area contributed by atoms with Crippen molar-refractivity contribution >= 4 is 6.03 Å². The first-order valence-electron chi connectivity index (χ1n) is 7.09. The molecule has 0 atom stereocenters. The lowest BCUT2D eigenvalue weighted by atomic mass is 10.1. The number of nitrogens with one attached hydrogen (secondary N) is 2. The predicted molar refractivity (Wildman–Crippen MR) is 83.3 cm³/mol.